The van der Waals surface area contributed by atoms with Gasteiger partial charge in [-0.2, -0.15) is 0 Å². The first-order chi connectivity index (χ1) is 5.77. The van der Waals surface area contributed by atoms with Crippen LogP contribution in [-0.4, -0.2) is 32.3 Å². The van der Waals surface area contributed by atoms with Crippen molar-refractivity contribution >= 4 is 0 Å². The summed E-state index contributed by atoms with van der Waals surface area (Å²) < 4.78 is 5.20. The van der Waals surface area contributed by atoms with Crippen molar-refractivity contribution in [3.05, 3.63) is 12.7 Å². The van der Waals surface area contributed by atoms with Gasteiger partial charge in [-0.1, -0.05) is 6.08 Å². The van der Waals surface area contributed by atoms with E-state index >= 15 is 0 Å². The Hall–Kier alpha value is -0.380. The van der Waals surface area contributed by atoms with Crippen LogP contribution in [0.2, 0.25) is 0 Å². The maximum absolute atomic E-state index is 5.55. The monoisotopic (exact) mass is 172 g/mol. The second kappa shape index (κ2) is 8.71. The van der Waals surface area contributed by atoms with Gasteiger partial charge >= 0.3 is 0 Å². The van der Waals surface area contributed by atoms with Gasteiger partial charge in [-0.15, -0.1) is 6.58 Å². The molecule has 0 radical (unpaired) electrons. The highest BCUT2D eigenvalue weighted by Crippen LogP contribution is 1.81. The minimum Gasteiger partial charge on any atom is -0.377 e. The molecule has 1 unspecified atom stereocenters. The van der Waals surface area contributed by atoms with Crippen LogP contribution >= 0.6 is 0 Å². The number of rotatable bonds is 8. The van der Waals surface area contributed by atoms with Gasteiger partial charge < -0.3 is 15.8 Å². The van der Waals surface area contributed by atoms with E-state index < -0.39 is 0 Å². The molecule has 3 N–H and O–H groups in total. The fourth-order valence-corrected chi connectivity index (χ4v) is 0.796. The van der Waals surface area contributed by atoms with Crippen LogP contribution in [0.1, 0.15) is 13.3 Å². The predicted octanol–water partition coefficient (Wildman–Crippen LogP) is 0.516. The van der Waals surface area contributed by atoms with Gasteiger partial charge in [0, 0.05) is 19.2 Å². The lowest BCUT2D eigenvalue weighted by molar-refractivity contribution is 0.159. The zero-order valence-electron chi connectivity index (χ0n) is 7.88. The average Bonchev–Trinajstić information content (AvgIpc) is 2.02. The van der Waals surface area contributed by atoms with E-state index in [1.165, 1.54) is 0 Å². The number of hydrogen-bond donors (Lipinski definition) is 2. The molecule has 0 bridgehead atoms. The summed E-state index contributed by atoms with van der Waals surface area (Å²) >= 11 is 0. The summed E-state index contributed by atoms with van der Waals surface area (Å²) in [5, 5.41) is 3.23. The molecular formula is C9H20N2O. The molecule has 0 aromatic rings. The van der Waals surface area contributed by atoms with Crippen molar-refractivity contribution in [2.24, 2.45) is 5.73 Å². The summed E-state index contributed by atoms with van der Waals surface area (Å²) in [7, 11) is 0. The summed E-state index contributed by atoms with van der Waals surface area (Å²) in [6.45, 7) is 8.83. The SMILES string of the molecule is C=CCOCCCNCC(C)N. The van der Waals surface area contributed by atoms with E-state index in [2.05, 4.69) is 11.9 Å². The van der Waals surface area contributed by atoms with E-state index in [1.807, 2.05) is 6.92 Å². The smallest absolute Gasteiger partial charge is 0.0644 e. The molecule has 0 spiro atoms. The summed E-state index contributed by atoms with van der Waals surface area (Å²) in [5.74, 6) is 0. The summed E-state index contributed by atoms with van der Waals surface area (Å²) in [6.07, 6.45) is 2.79. The van der Waals surface area contributed by atoms with Crippen LogP contribution in [0, 0.1) is 0 Å². The van der Waals surface area contributed by atoms with Crippen molar-refractivity contribution < 1.29 is 4.74 Å². The third-order valence-electron chi connectivity index (χ3n) is 1.34. The third-order valence-corrected chi connectivity index (χ3v) is 1.34. The molecule has 1 atom stereocenters. The minimum absolute atomic E-state index is 0.235. The molecule has 0 aliphatic heterocycles. The van der Waals surface area contributed by atoms with E-state index in [4.69, 9.17) is 10.5 Å². The van der Waals surface area contributed by atoms with Crippen LogP contribution < -0.4 is 11.1 Å². The third kappa shape index (κ3) is 9.62. The zero-order valence-corrected chi connectivity index (χ0v) is 7.88. The van der Waals surface area contributed by atoms with Crippen molar-refractivity contribution in [2.45, 2.75) is 19.4 Å². The lowest BCUT2D eigenvalue weighted by atomic mass is 10.3. The second-order valence-electron chi connectivity index (χ2n) is 2.90. The number of ether oxygens (including phenoxy) is 1. The van der Waals surface area contributed by atoms with Crippen molar-refractivity contribution in [2.75, 3.05) is 26.3 Å². The van der Waals surface area contributed by atoms with E-state index in [0.29, 0.717) is 6.61 Å². The van der Waals surface area contributed by atoms with Gasteiger partial charge in [0.25, 0.3) is 0 Å². The molecule has 3 heteroatoms. The van der Waals surface area contributed by atoms with E-state index in [9.17, 15) is 0 Å². The first-order valence-electron chi connectivity index (χ1n) is 4.42. The molecular weight excluding hydrogens is 152 g/mol. The Morgan fingerprint density at radius 3 is 3.00 bits per heavy atom. The van der Waals surface area contributed by atoms with Crippen molar-refractivity contribution in [3.8, 4) is 0 Å². The molecule has 0 fully saturated rings. The molecule has 0 heterocycles. The Morgan fingerprint density at radius 2 is 2.42 bits per heavy atom. The highest BCUT2D eigenvalue weighted by molar-refractivity contribution is 4.63. The van der Waals surface area contributed by atoms with Crippen LogP contribution in [-0.2, 0) is 4.74 Å². The molecule has 0 saturated carbocycles. The Bertz CT molecular complexity index is 105. The van der Waals surface area contributed by atoms with Gasteiger partial charge in [-0.3, -0.25) is 0 Å². The Morgan fingerprint density at radius 1 is 1.67 bits per heavy atom. The molecule has 3 nitrogen and oxygen atoms in total. The van der Waals surface area contributed by atoms with Gasteiger partial charge in [0.05, 0.1) is 6.61 Å². The number of nitrogens with one attached hydrogen (secondary N) is 1. The highest BCUT2D eigenvalue weighted by Gasteiger charge is 1.91. The first-order valence-corrected chi connectivity index (χ1v) is 4.42. The minimum atomic E-state index is 0.235. The molecule has 0 aliphatic carbocycles. The Balaban J connectivity index is 2.86. The number of nitrogens with two attached hydrogens (primary N) is 1. The Labute approximate surface area is 75.0 Å². The van der Waals surface area contributed by atoms with Crippen LogP contribution in [0.5, 0.6) is 0 Å². The first kappa shape index (κ1) is 11.6. The van der Waals surface area contributed by atoms with E-state index in [1.54, 1.807) is 6.08 Å². The van der Waals surface area contributed by atoms with Crippen LogP contribution in [0.25, 0.3) is 0 Å². The molecule has 0 aromatic carbocycles. The fraction of sp³-hybridized carbons (Fsp3) is 0.778. The molecule has 0 rings (SSSR count). The summed E-state index contributed by atoms with van der Waals surface area (Å²) in [4.78, 5) is 0. The average molecular weight is 172 g/mol. The van der Waals surface area contributed by atoms with Gasteiger partial charge in [0.15, 0.2) is 0 Å². The topological polar surface area (TPSA) is 47.3 Å². The van der Waals surface area contributed by atoms with Crippen molar-refractivity contribution in [3.63, 3.8) is 0 Å². The fourth-order valence-electron chi connectivity index (χ4n) is 0.796. The summed E-state index contributed by atoms with van der Waals surface area (Å²) in [5.41, 5.74) is 5.55. The maximum Gasteiger partial charge on any atom is 0.0644 e. The molecule has 0 saturated heterocycles. The molecule has 12 heavy (non-hydrogen) atoms. The van der Waals surface area contributed by atoms with E-state index in [-0.39, 0.29) is 6.04 Å². The molecule has 0 aliphatic rings. The van der Waals surface area contributed by atoms with Gasteiger partial charge in [-0.05, 0) is 19.9 Å². The lowest BCUT2D eigenvalue weighted by Gasteiger charge is -2.06. The molecule has 0 aromatic heterocycles. The van der Waals surface area contributed by atoms with Crippen molar-refractivity contribution in [1.82, 2.24) is 5.32 Å². The van der Waals surface area contributed by atoms with Gasteiger partial charge in [-0.25, -0.2) is 0 Å². The Kier molecular flexibility index (Phi) is 8.44. The number of hydrogen-bond acceptors (Lipinski definition) is 3. The zero-order chi connectivity index (χ0) is 9.23. The normalized spacial score (nSPS) is 12.8. The largest absolute Gasteiger partial charge is 0.377 e. The van der Waals surface area contributed by atoms with Gasteiger partial charge in [0.1, 0.15) is 0 Å². The van der Waals surface area contributed by atoms with E-state index in [0.717, 1.165) is 26.1 Å². The predicted molar refractivity (Wildman–Crippen MR) is 52.2 cm³/mol. The highest BCUT2D eigenvalue weighted by atomic mass is 16.5. The standard InChI is InChI=1S/C9H20N2O/c1-3-6-12-7-4-5-11-8-9(2)10/h3,9,11H,1,4-8,10H2,2H3. The van der Waals surface area contributed by atoms with Crippen LogP contribution in [0.3, 0.4) is 0 Å². The molecule has 72 valence electrons. The maximum atomic E-state index is 5.55. The van der Waals surface area contributed by atoms with Crippen LogP contribution in [0.15, 0.2) is 12.7 Å². The molecule has 0 amide bonds. The quantitative estimate of drug-likeness (QED) is 0.414. The summed E-state index contributed by atoms with van der Waals surface area (Å²) in [6, 6.07) is 0.235. The van der Waals surface area contributed by atoms with Crippen LogP contribution in [0.4, 0.5) is 0 Å². The van der Waals surface area contributed by atoms with Gasteiger partial charge in [0.2, 0.25) is 0 Å². The van der Waals surface area contributed by atoms with Crippen molar-refractivity contribution in [1.29, 1.82) is 0 Å². The second-order valence-corrected chi connectivity index (χ2v) is 2.90. The lowest BCUT2D eigenvalue weighted by Crippen LogP contribution is -2.31.